The molecule has 2 aliphatic rings. The third-order valence-corrected chi connectivity index (χ3v) is 8.39. The van der Waals surface area contributed by atoms with Crippen LogP contribution in [-0.4, -0.2) is 75.1 Å². The van der Waals surface area contributed by atoms with Gasteiger partial charge in [0.2, 0.25) is 11.8 Å². The molecule has 6 rings (SSSR count). The van der Waals surface area contributed by atoms with E-state index in [2.05, 4.69) is 5.32 Å². The number of phenols is 1. The van der Waals surface area contributed by atoms with Gasteiger partial charge in [0.25, 0.3) is 0 Å². The average molecular weight is 578 g/mol. The summed E-state index contributed by atoms with van der Waals surface area (Å²) in [5.74, 6) is -0.115. The van der Waals surface area contributed by atoms with Crippen LogP contribution in [0, 0.1) is 0 Å². The Morgan fingerprint density at radius 2 is 1.60 bits per heavy atom. The van der Waals surface area contributed by atoms with Gasteiger partial charge < -0.3 is 20.2 Å². The molecule has 0 aliphatic carbocycles. The molecule has 220 valence electrons. The highest BCUT2D eigenvalue weighted by Crippen LogP contribution is 2.29. The number of nitrogens with zero attached hydrogens (tertiary/aromatic N) is 4. The highest BCUT2D eigenvalue weighted by Gasteiger charge is 2.47. The molecule has 9 nitrogen and oxygen atoms in total. The van der Waals surface area contributed by atoms with Gasteiger partial charge in [0.1, 0.15) is 18.0 Å². The van der Waals surface area contributed by atoms with Crippen molar-refractivity contribution in [3.63, 3.8) is 0 Å². The summed E-state index contributed by atoms with van der Waals surface area (Å²) in [5, 5.41) is 18.3. The number of fused-ring (bicyclic) bond motifs is 2. The lowest BCUT2D eigenvalue weighted by molar-refractivity contribution is -0.171. The fraction of sp³-hybridized carbons (Fsp3) is 0.265. The minimum atomic E-state index is -0.694. The molecule has 1 unspecified atom stereocenters. The molecule has 43 heavy (non-hydrogen) atoms. The summed E-state index contributed by atoms with van der Waals surface area (Å²) in [6.07, 6.45) is -0.188. The van der Waals surface area contributed by atoms with E-state index in [1.807, 2.05) is 72.8 Å². The Morgan fingerprint density at radius 3 is 2.40 bits per heavy atom. The largest absolute Gasteiger partial charge is 0.508 e. The van der Waals surface area contributed by atoms with Crippen molar-refractivity contribution >= 4 is 28.6 Å². The lowest BCUT2D eigenvalue weighted by atomic mass is 10.0. The number of hydrazine groups is 1. The highest BCUT2D eigenvalue weighted by atomic mass is 16.3. The lowest BCUT2D eigenvalue weighted by Crippen LogP contribution is -2.66. The summed E-state index contributed by atoms with van der Waals surface area (Å²) in [4.78, 5) is 44.9. The standard InChI is InChI=1S/C34H35N5O4/c1-36-30(20-24-14-16-28(40)17-15-24)33(42)37(22-27-12-7-11-26-10-5-6-13-29(26)27)23-31-38(19-18-32(41)39(31)36)34(43)35-21-25-8-3-2-4-9-25/h2-17,30-31,40H,18-23H2,1H3,(H,35,43)/t30-,31?/m0/s1. The van der Waals surface area contributed by atoms with Gasteiger partial charge in [-0.3, -0.25) is 9.59 Å². The zero-order valence-electron chi connectivity index (χ0n) is 24.1. The second-order valence-electron chi connectivity index (χ2n) is 11.1. The number of likely N-dealkylation sites (N-methyl/N-ethyl adjacent to an activating group) is 1. The van der Waals surface area contributed by atoms with Crippen molar-refractivity contribution in [1.82, 2.24) is 25.1 Å². The van der Waals surface area contributed by atoms with Crippen LogP contribution < -0.4 is 5.32 Å². The second kappa shape index (κ2) is 12.1. The minimum absolute atomic E-state index is 0.129. The van der Waals surface area contributed by atoms with Gasteiger partial charge in [-0.25, -0.2) is 14.8 Å². The van der Waals surface area contributed by atoms with E-state index in [4.69, 9.17) is 0 Å². The molecule has 4 aromatic carbocycles. The van der Waals surface area contributed by atoms with Gasteiger partial charge in [-0.15, -0.1) is 0 Å². The average Bonchev–Trinajstić information content (AvgIpc) is 3.12. The van der Waals surface area contributed by atoms with Crippen LogP contribution in [0.4, 0.5) is 4.79 Å². The van der Waals surface area contributed by atoms with Crippen LogP contribution in [0.25, 0.3) is 10.8 Å². The molecule has 0 radical (unpaired) electrons. The first kappa shape index (κ1) is 28.2. The van der Waals surface area contributed by atoms with Crippen LogP contribution in [0.2, 0.25) is 0 Å². The van der Waals surface area contributed by atoms with Gasteiger partial charge in [0, 0.05) is 33.1 Å². The maximum Gasteiger partial charge on any atom is 0.319 e. The normalized spacial score (nSPS) is 19.3. The Morgan fingerprint density at radius 1 is 0.884 bits per heavy atom. The van der Waals surface area contributed by atoms with Crippen LogP contribution in [0.15, 0.2) is 97.1 Å². The molecule has 0 bridgehead atoms. The molecule has 2 aliphatic heterocycles. The Kier molecular flexibility index (Phi) is 7.98. The molecule has 0 saturated carbocycles. The van der Waals surface area contributed by atoms with E-state index in [9.17, 15) is 19.5 Å². The van der Waals surface area contributed by atoms with Gasteiger partial charge in [-0.1, -0.05) is 84.9 Å². The molecule has 2 saturated heterocycles. The fourth-order valence-electron chi connectivity index (χ4n) is 6.11. The number of aromatic hydroxyl groups is 1. The third kappa shape index (κ3) is 5.89. The number of hydrogen-bond acceptors (Lipinski definition) is 5. The Hall–Kier alpha value is -4.89. The zero-order valence-corrected chi connectivity index (χ0v) is 24.1. The van der Waals surface area contributed by atoms with Crippen LogP contribution >= 0.6 is 0 Å². The number of benzene rings is 4. The van der Waals surface area contributed by atoms with Crippen molar-refractivity contribution in [2.45, 2.75) is 38.1 Å². The van der Waals surface area contributed by atoms with Crippen LogP contribution in [0.3, 0.4) is 0 Å². The fourth-order valence-corrected chi connectivity index (χ4v) is 6.11. The maximum absolute atomic E-state index is 14.4. The SMILES string of the molecule is CN1[C@@H](Cc2ccc(O)cc2)C(=O)N(Cc2cccc3ccccc23)CC2N(C(=O)NCc3ccccc3)CCC(=O)N21. The van der Waals surface area contributed by atoms with Crippen molar-refractivity contribution in [2.24, 2.45) is 0 Å². The maximum atomic E-state index is 14.4. The predicted octanol–water partition coefficient (Wildman–Crippen LogP) is 4.12. The topological polar surface area (TPSA) is 96.4 Å². The first-order valence-electron chi connectivity index (χ1n) is 14.6. The first-order chi connectivity index (χ1) is 20.9. The first-order valence-corrected chi connectivity index (χ1v) is 14.6. The molecule has 4 aromatic rings. The number of carbonyl (C=O) groups excluding carboxylic acids is 3. The number of nitrogens with one attached hydrogen (secondary N) is 1. The Bertz CT molecular complexity index is 1620. The number of phenolic OH excluding ortho intramolecular Hbond substituents is 1. The minimum Gasteiger partial charge on any atom is -0.508 e. The monoisotopic (exact) mass is 577 g/mol. The molecular formula is C34H35N5O4. The van der Waals surface area contributed by atoms with Crippen molar-refractivity contribution < 1.29 is 19.5 Å². The Balaban J connectivity index is 1.35. The van der Waals surface area contributed by atoms with Crippen LogP contribution in [-0.2, 0) is 29.1 Å². The van der Waals surface area contributed by atoms with Gasteiger partial charge in [-0.2, -0.15) is 0 Å². The predicted molar refractivity (Wildman–Crippen MR) is 163 cm³/mol. The van der Waals surface area contributed by atoms with E-state index >= 15 is 0 Å². The summed E-state index contributed by atoms with van der Waals surface area (Å²) >= 11 is 0. The van der Waals surface area contributed by atoms with Crippen LogP contribution in [0.5, 0.6) is 5.75 Å². The molecule has 0 spiro atoms. The molecular weight excluding hydrogens is 542 g/mol. The van der Waals surface area contributed by atoms with E-state index in [1.54, 1.807) is 51.1 Å². The van der Waals surface area contributed by atoms with E-state index in [0.29, 0.717) is 19.5 Å². The number of urea groups is 1. The van der Waals surface area contributed by atoms with E-state index in [1.165, 1.54) is 0 Å². The van der Waals surface area contributed by atoms with E-state index < -0.39 is 12.2 Å². The third-order valence-electron chi connectivity index (χ3n) is 8.39. The van der Waals surface area contributed by atoms with E-state index in [0.717, 1.165) is 27.5 Å². The van der Waals surface area contributed by atoms with Gasteiger partial charge in [0.15, 0.2) is 0 Å². The molecule has 2 N–H and O–H groups in total. The summed E-state index contributed by atoms with van der Waals surface area (Å²) < 4.78 is 0. The summed E-state index contributed by atoms with van der Waals surface area (Å²) in [6, 6.07) is 29.6. The van der Waals surface area contributed by atoms with Crippen molar-refractivity contribution in [2.75, 3.05) is 20.1 Å². The zero-order chi connectivity index (χ0) is 29.9. The molecule has 2 atom stereocenters. The molecule has 2 heterocycles. The molecule has 0 aromatic heterocycles. The van der Waals surface area contributed by atoms with Crippen molar-refractivity contribution in [3.05, 3.63) is 114 Å². The van der Waals surface area contributed by atoms with Gasteiger partial charge >= 0.3 is 6.03 Å². The quantitative estimate of drug-likeness (QED) is 0.360. The van der Waals surface area contributed by atoms with Crippen molar-refractivity contribution in [1.29, 1.82) is 0 Å². The molecule has 9 heteroatoms. The highest BCUT2D eigenvalue weighted by molar-refractivity contribution is 5.88. The van der Waals surface area contributed by atoms with Crippen molar-refractivity contribution in [3.8, 4) is 5.75 Å². The Labute approximate surface area is 250 Å². The number of carbonyl (C=O) groups is 3. The van der Waals surface area contributed by atoms with Gasteiger partial charge in [-0.05, 0) is 46.0 Å². The number of hydrogen-bond donors (Lipinski definition) is 2. The van der Waals surface area contributed by atoms with E-state index in [-0.39, 0.29) is 43.1 Å². The van der Waals surface area contributed by atoms with Gasteiger partial charge in [0.05, 0.1) is 6.54 Å². The number of rotatable bonds is 6. The number of amides is 4. The molecule has 4 amide bonds. The second-order valence-corrected chi connectivity index (χ2v) is 11.1. The summed E-state index contributed by atoms with van der Waals surface area (Å²) in [7, 11) is 1.75. The summed E-state index contributed by atoms with van der Waals surface area (Å²) in [5.41, 5.74) is 2.82. The summed E-state index contributed by atoms with van der Waals surface area (Å²) in [6.45, 7) is 1.11. The van der Waals surface area contributed by atoms with Crippen LogP contribution in [0.1, 0.15) is 23.1 Å². The smallest absolute Gasteiger partial charge is 0.319 e. The lowest BCUT2D eigenvalue weighted by Gasteiger charge is -2.46. The molecule has 2 fully saturated rings.